The summed E-state index contributed by atoms with van der Waals surface area (Å²) >= 11 is 0. The van der Waals surface area contributed by atoms with Gasteiger partial charge in [-0.25, -0.2) is 0 Å². The highest BCUT2D eigenvalue weighted by Gasteiger charge is 2.75. The molecule has 6 rings (SSSR count). The van der Waals surface area contributed by atoms with E-state index >= 15 is 0 Å². The van der Waals surface area contributed by atoms with Crippen molar-refractivity contribution in [3.8, 4) is 0 Å². The highest BCUT2D eigenvalue weighted by molar-refractivity contribution is 6.01. The number of fused-ring (bicyclic) bond motifs is 7. The summed E-state index contributed by atoms with van der Waals surface area (Å²) in [5.74, 6) is -0.283. The largest absolute Gasteiger partial charge is 0.457 e. The van der Waals surface area contributed by atoms with Gasteiger partial charge in [-0.15, -0.1) is 0 Å². The van der Waals surface area contributed by atoms with Crippen molar-refractivity contribution in [3.63, 3.8) is 0 Å². The molecule has 1 N–H and O–H groups in total. The van der Waals surface area contributed by atoms with Crippen LogP contribution in [0.5, 0.6) is 0 Å². The third-order valence-electron chi connectivity index (χ3n) is 10.9. The Labute approximate surface area is 225 Å². The van der Waals surface area contributed by atoms with Crippen LogP contribution >= 0.6 is 0 Å². The first-order chi connectivity index (χ1) is 18.2. The quantitative estimate of drug-likeness (QED) is 0.533. The van der Waals surface area contributed by atoms with E-state index in [1.54, 1.807) is 26.0 Å². The number of aliphatic hydroxyl groups excluding tert-OH is 1. The van der Waals surface area contributed by atoms with Crippen molar-refractivity contribution in [1.29, 1.82) is 0 Å². The predicted molar refractivity (Wildman–Crippen MR) is 139 cm³/mol. The fraction of sp³-hybridized carbons (Fsp3) is 0.774. The smallest absolute Gasteiger partial charge is 0.308 e. The lowest BCUT2D eigenvalue weighted by molar-refractivity contribution is -0.207. The maximum atomic E-state index is 14.2. The number of allylic oxidation sites excluding steroid dienone is 4. The van der Waals surface area contributed by atoms with Gasteiger partial charge in [0, 0.05) is 17.3 Å². The van der Waals surface area contributed by atoms with Gasteiger partial charge in [-0.2, -0.15) is 0 Å². The monoisotopic (exact) mass is 526 g/mol. The molecule has 38 heavy (non-hydrogen) atoms. The normalized spacial score (nSPS) is 44.2. The molecule has 6 aliphatic rings. The molecule has 1 aliphatic heterocycles. The number of Topliss-reactive ketones (excluding diaryl/α,β-unsaturated/α-hetero) is 1. The van der Waals surface area contributed by atoms with Gasteiger partial charge in [-0.05, 0) is 68.4 Å². The van der Waals surface area contributed by atoms with Crippen LogP contribution in [0.2, 0.25) is 0 Å². The van der Waals surface area contributed by atoms with E-state index < -0.39 is 35.5 Å². The highest BCUT2D eigenvalue weighted by atomic mass is 16.7. The fourth-order valence-corrected chi connectivity index (χ4v) is 9.19. The van der Waals surface area contributed by atoms with E-state index in [-0.39, 0.29) is 53.7 Å². The predicted octanol–water partition coefficient (Wildman–Crippen LogP) is 4.31. The first-order valence-corrected chi connectivity index (χ1v) is 14.8. The molecule has 5 fully saturated rings. The molecule has 4 saturated carbocycles. The second kappa shape index (κ2) is 9.67. The summed E-state index contributed by atoms with van der Waals surface area (Å²) in [6.45, 7) is 5.29. The number of hydrogen-bond acceptors (Lipinski definition) is 7. The van der Waals surface area contributed by atoms with Crippen LogP contribution in [0, 0.1) is 40.9 Å². The summed E-state index contributed by atoms with van der Waals surface area (Å²) in [4.78, 5) is 38.5. The number of carbonyl (C=O) groups excluding carboxylic acids is 3. The Morgan fingerprint density at radius 3 is 2.68 bits per heavy atom. The number of aliphatic hydroxyl groups is 1. The van der Waals surface area contributed by atoms with Crippen molar-refractivity contribution in [2.24, 2.45) is 40.9 Å². The Morgan fingerprint density at radius 1 is 1.18 bits per heavy atom. The zero-order valence-electron chi connectivity index (χ0n) is 22.9. The Hall–Kier alpha value is -1.83. The Bertz CT molecular complexity index is 1050. The summed E-state index contributed by atoms with van der Waals surface area (Å²) < 4.78 is 19.0. The zero-order chi connectivity index (χ0) is 26.8. The van der Waals surface area contributed by atoms with Crippen molar-refractivity contribution in [3.05, 3.63) is 23.8 Å². The molecule has 5 aliphatic carbocycles. The molecule has 7 nitrogen and oxygen atoms in total. The van der Waals surface area contributed by atoms with Gasteiger partial charge in [0.05, 0.1) is 18.1 Å². The molecule has 0 aromatic rings. The third kappa shape index (κ3) is 3.90. The van der Waals surface area contributed by atoms with Crippen molar-refractivity contribution in [2.45, 2.75) is 103 Å². The standard InChI is InChI=1S/C31H42O7/c1-17(2)28(35)36-16-25(34)31-26(37-29(38-31)18-7-5-4-6-8-18)14-23-22-11-9-19-13-20(32)10-12-21(19)27(22)24(33)15-30(23,31)3/h10,12-13,17-18,21-24,26-27,29,33H,4-9,11,14-16H2,1-3H3/t21?,22-,23-,24-,26+,27+,29?,30-,31+/m0/s1. The Morgan fingerprint density at radius 2 is 1.95 bits per heavy atom. The summed E-state index contributed by atoms with van der Waals surface area (Å²) in [7, 11) is 0. The van der Waals surface area contributed by atoms with Gasteiger partial charge in [0.15, 0.2) is 24.3 Å². The van der Waals surface area contributed by atoms with Crippen LogP contribution in [0.15, 0.2) is 23.8 Å². The van der Waals surface area contributed by atoms with Crippen LogP contribution in [0.1, 0.15) is 78.6 Å². The molecule has 7 heteroatoms. The van der Waals surface area contributed by atoms with Gasteiger partial charge in [0.1, 0.15) is 0 Å². The van der Waals surface area contributed by atoms with Crippen LogP contribution in [0.4, 0.5) is 0 Å². The van der Waals surface area contributed by atoms with E-state index in [0.29, 0.717) is 12.8 Å². The summed E-state index contributed by atoms with van der Waals surface area (Å²) in [6.07, 6.45) is 12.2. The number of esters is 1. The first kappa shape index (κ1) is 26.4. The molecule has 208 valence electrons. The molecule has 2 unspecified atom stereocenters. The number of ketones is 2. The zero-order valence-corrected chi connectivity index (χ0v) is 22.9. The van der Waals surface area contributed by atoms with E-state index in [2.05, 4.69) is 6.92 Å². The molecule has 1 heterocycles. The van der Waals surface area contributed by atoms with Gasteiger partial charge in [0.25, 0.3) is 0 Å². The second-order valence-corrected chi connectivity index (χ2v) is 13.2. The van der Waals surface area contributed by atoms with E-state index in [1.807, 2.05) is 6.08 Å². The van der Waals surface area contributed by atoms with Crippen LogP contribution in [0.3, 0.4) is 0 Å². The fourth-order valence-electron chi connectivity index (χ4n) is 9.19. The molecule has 0 spiro atoms. The average molecular weight is 527 g/mol. The van der Waals surface area contributed by atoms with E-state index in [9.17, 15) is 19.5 Å². The minimum atomic E-state index is -1.24. The highest BCUT2D eigenvalue weighted by Crippen LogP contribution is 2.68. The molecule has 0 radical (unpaired) electrons. The average Bonchev–Trinajstić information content (AvgIpc) is 3.40. The van der Waals surface area contributed by atoms with Crippen molar-refractivity contribution in [2.75, 3.05) is 6.61 Å². The molecule has 0 aromatic heterocycles. The molecular formula is C31H42O7. The Kier molecular flexibility index (Phi) is 6.72. The van der Waals surface area contributed by atoms with Crippen molar-refractivity contribution in [1.82, 2.24) is 0 Å². The van der Waals surface area contributed by atoms with Gasteiger partial charge in [-0.1, -0.05) is 51.7 Å². The van der Waals surface area contributed by atoms with Crippen molar-refractivity contribution >= 4 is 17.5 Å². The first-order valence-electron chi connectivity index (χ1n) is 14.8. The lowest BCUT2D eigenvalue weighted by Gasteiger charge is -2.56. The Balaban J connectivity index is 1.33. The third-order valence-corrected chi connectivity index (χ3v) is 10.9. The van der Waals surface area contributed by atoms with Gasteiger partial charge in [-0.3, -0.25) is 14.4 Å². The van der Waals surface area contributed by atoms with E-state index in [1.165, 1.54) is 6.42 Å². The van der Waals surface area contributed by atoms with E-state index in [0.717, 1.165) is 44.1 Å². The molecule has 0 bridgehead atoms. The minimum absolute atomic E-state index is 0.0105. The van der Waals surface area contributed by atoms with Gasteiger partial charge >= 0.3 is 5.97 Å². The minimum Gasteiger partial charge on any atom is -0.457 e. The van der Waals surface area contributed by atoms with Crippen LogP contribution < -0.4 is 0 Å². The number of carbonyl (C=O) groups is 3. The SMILES string of the molecule is CC(C)C(=O)OCC(=O)[C@@]12OC(C3CCCCC3)O[C@@H]1C[C@H]1[C@@H]3CCC4=CC(=O)C=CC4[C@H]3[C@@H](O)C[C@@]12C. The second-order valence-electron chi connectivity index (χ2n) is 13.2. The van der Waals surface area contributed by atoms with Crippen LogP contribution in [0.25, 0.3) is 0 Å². The van der Waals surface area contributed by atoms with E-state index in [4.69, 9.17) is 14.2 Å². The number of rotatable bonds is 5. The maximum Gasteiger partial charge on any atom is 0.308 e. The van der Waals surface area contributed by atoms with Crippen LogP contribution in [-0.2, 0) is 28.6 Å². The molecular weight excluding hydrogens is 484 g/mol. The van der Waals surface area contributed by atoms with Gasteiger partial charge < -0.3 is 19.3 Å². The molecule has 9 atom stereocenters. The van der Waals surface area contributed by atoms with Gasteiger partial charge in [0.2, 0.25) is 5.78 Å². The van der Waals surface area contributed by atoms with Crippen LogP contribution in [-0.4, -0.2) is 53.3 Å². The lowest BCUT2D eigenvalue weighted by atomic mass is 9.49. The molecule has 0 amide bonds. The molecule has 1 saturated heterocycles. The number of ether oxygens (including phenoxy) is 3. The summed E-state index contributed by atoms with van der Waals surface area (Å²) in [6, 6.07) is 0. The van der Waals surface area contributed by atoms with Crippen molar-refractivity contribution < 1.29 is 33.7 Å². The summed E-state index contributed by atoms with van der Waals surface area (Å²) in [5, 5.41) is 11.7. The lowest BCUT2D eigenvalue weighted by Crippen LogP contribution is -2.62. The maximum absolute atomic E-state index is 14.2. The molecule has 0 aromatic carbocycles. The topological polar surface area (TPSA) is 99.1 Å². The summed E-state index contributed by atoms with van der Waals surface area (Å²) in [5.41, 5.74) is -0.758. The number of hydrogen-bond donors (Lipinski definition) is 1.